The SMILES string of the molecule is C[B]CCOCC. The van der Waals surface area contributed by atoms with Gasteiger partial charge < -0.3 is 4.74 Å². The van der Waals surface area contributed by atoms with E-state index in [-0.39, 0.29) is 0 Å². The van der Waals surface area contributed by atoms with E-state index in [0.717, 1.165) is 19.5 Å². The second kappa shape index (κ2) is 6.02. The molecule has 7 heavy (non-hydrogen) atoms. The third-order valence-electron chi connectivity index (χ3n) is 0.755. The van der Waals surface area contributed by atoms with Crippen molar-refractivity contribution in [1.82, 2.24) is 0 Å². The second-order valence-electron chi connectivity index (χ2n) is 1.39. The lowest BCUT2D eigenvalue weighted by atomic mass is 9.79. The first kappa shape index (κ1) is 7.02. The molecule has 0 amide bonds. The average Bonchev–Trinajstić information content (AvgIpc) is 1.69. The minimum absolute atomic E-state index is 0.841. The van der Waals surface area contributed by atoms with Gasteiger partial charge in [-0.3, -0.25) is 0 Å². The van der Waals surface area contributed by atoms with E-state index in [1.807, 2.05) is 13.7 Å². The van der Waals surface area contributed by atoms with Crippen LogP contribution in [0.5, 0.6) is 0 Å². The number of hydrogen-bond acceptors (Lipinski definition) is 1. The summed E-state index contributed by atoms with van der Waals surface area (Å²) in [6.07, 6.45) is 1.08. The van der Waals surface area contributed by atoms with Crippen LogP contribution in [0, 0.1) is 0 Å². The van der Waals surface area contributed by atoms with Gasteiger partial charge >= 0.3 is 0 Å². The van der Waals surface area contributed by atoms with Gasteiger partial charge in [0.1, 0.15) is 7.28 Å². The van der Waals surface area contributed by atoms with Crippen LogP contribution < -0.4 is 0 Å². The molecular weight excluding hydrogens is 86.9 g/mol. The molecule has 0 atom stereocenters. The van der Waals surface area contributed by atoms with Crippen molar-refractivity contribution in [1.29, 1.82) is 0 Å². The quantitative estimate of drug-likeness (QED) is 0.380. The minimum atomic E-state index is 0.841. The highest BCUT2D eigenvalue weighted by Crippen LogP contribution is 1.79. The Morgan fingerprint density at radius 3 is 2.71 bits per heavy atom. The average molecular weight is 99.0 g/mol. The summed E-state index contributed by atoms with van der Waals surface area (Å²) < 4.78 is 5.04. The summed E-state index contributed by atoms with van der Waals surface area (Å²) in [5.74, 6) is 0. The zero-order valence-electron chi connectivity index (χ0n) is 5.11. The van der Waals surface area contributed by atoms with Gasteiger partial charge in [0.25, 0.3) is 0 Å². The van der Waals surface area contributed by atoms with E-state index in [1.54, 1.807) is 0 Å². The molecule has 0 aromatic rings. The third kappa shape index (κ3) is 6.02. The van der Waals surface area contributed by atoms with Gasteiger partial charge in [0.15, 0.2) is 0 Å². The summed E-state index contributed by atoms with van der Waals surface area (Å²) in [7, 11) is 2.11. The van der Waals surface area contributed by atoms with Gasteiger partial charge in [-0.2, -0.15) is 0 Å². The predicted molar refractivity (Wildman–Crippen MR) is 32.9 cm³/mol. The molecule has 0 fully saturated rings. The molecule has 0 unspecified atom stereocenters. The van der Waals surface area contributed by atoms with E-state index < -0.39 is 0 Å². The lowest BCUT2D eigenvalue weighted by Crippen LogP contribution is -1.94. The van der Waals surface area contributed by atoms with E-state index in [1.165, 1.54) is 0 Å². The lowest BCUT2D eigenvalue weighted by Gasteiger charge is -1.94. The van der Waals surface area contributed by atoms with Crippen LogP contribution in [0.1, 0.15) is 6.92 Å². The minimum Gasteiger partial charge on any atom is -0.382 e. The van der Waals surface area contributed by atoms with E-state index in [9.17, 15) is 0 Å². The standard InChI is InChI=1S/C5H12BO/c1-3-7-5-4-6-2/h3-5H2,1-2H3. The van der Waals surface area contributed by atoms with Crippen LogP contribution in [0.2, 0.25) is 13.1 Å². The molecule has 0 saturated carbocycles. The first-order valence-corrected chi connectivity index (χ1v) is 2.77. The first-order chi connectivity index (χ1) is 3.41. The van der Waals surface area contributed by atoms with E-state index in [4.69, 9.17) is 4.74 Å². The van der Waals surface area contributed by atoms with Gasteiger partial charge in [0.2, 0.25) is 0 Å². The molecule has 0 rings (SSSR count). The van der Waals surface area contributed by atoms with Crippen molar-refractivity contribution in [2.45, 2.75) is 20.1 Å². The van der Waals surface area contributed by atoms with Crippen molar-refractivity contribution in [3.63, 3.8) is 0 Å². The molecule has 41 valence electrons. The van der Waals surface area contributed by atoms with Crippen LogP contribution in [0.15, 0.2) is 0 Å². The molecule has 0 aromatic carbocycles. The van der Waals surface area contributed by atoms with Crippen molar-refractivity contribution in [3.05, 3.63) is 0 Å². The number of ether oxygens (including phenoxy) is 1. The predicted octanol–water partition coefficient (Wildman–Crippen LogP) is 1.19. The van der Waals surface area contributed by atoms with E-state index >= 15 is 0 Å². The Kier molecular flexibility index (Phi) is 6.05. The van der Waals surface area contributed by atoms with Crippen LogP contribution in [0.4, 0.5) is 0 Å². The topological polar surface area (TPSA) is 9.23 Å². The lowest BCUT2D eigenvalue weighted by molar-refractivity contribution is 0.162. The maximum atomic E-state index is 5.04. The Morgan fingerprint density at radius 1 is 1.57 bits per heavy atom. The molecule has 1 nitrogen and oxygen atoms in total. The fourth-order valence-corrected chi connectivity index (χ4v) is 0.346. The Morgan fingerprint density at radius 2 is 2.29 bits per heavy atom. The first-order valence-electron chi connectivity index (χ1n) is 2.77. The highest BCUT2D eigenvalue weighted by Gasteiger charge is 1.80. The van der Waals surface area contributed by atoms with Crippen LogP contribution in [-0.4, -0.2) is 20.5 Å². The molecule has 0 heterocycles. The van der Waals surface area contributed by atoms with Crippen molar-refractivity contribution in [2.24, 2.45) is 0 Å². The fraction of sp³-hybridized carbons (Fsp3) is 1.00. The summed E-state index contributed by atoms with van der Waals surface area (Å²) >= 11 is 0. The van der Waals surface area contributed by atoms with Gasteiger partial charge in [-0.15, -0.1) is 0 Å². The fourth-order valence-electron chi connectivity index (χ4n) is 0.346. The highest BCUT2D eigenvalue weighted by atomic mass is 16.5. The van der Waals surface area contributed by atoms with Gasteiger partial charge in [-0.25, -0.2) is 0 Å². The normalized spacial score (nSPS) is 8.86. The molecule has 0 aromatic heterocycles. The Bertz CT molecular complexity index is 27.3. The molecule has 0 aliphatic rings. The molecule has 0 bridgehead atoms. The monoisotopic (exact) mass is 99.1 g/mol. The zero-order chi connectivity index (χ0) is 5.54. The maximum absolute atomic E-state index is 5.04. The maximum Gasteiger partial charge on any atom is 0.108 e. The second-order valence-corrected chi connectivity index (χ2v) is 1.39. The summed E-state index contributed by atoms with van der Waals surface area (Å²) in [5, 5.41) is 0. The van der Waals surface area contributed by atoms with Crippen LogP contribution in [0.25, 0.3) is 0 Å². The highest BCUT2D eigenvalue weighted by molar-refractivity contribution is 6.33. The molecule has 0 spiro atoms. The van der Waals surface area contributed by atoms with Crippen LogP contribution >= 0.6 is 0 Å². The van der Waals surface area contributed by atoms with Crippen molar-refractivity contribution < 1.29 is 4.74 Å². The van der Waals surface area contributed by atoms with E-state index in [2.05, 4.69) is 7.28 Å². The molecule has 0 saturated heterocycles. The van der Waals surface area contributed by atoms with Crippen LogP contribution in [0.3, 0.4) is 0 Å². The molecule has 1 radical (unpaired) electrons. The summed E-state index contributed by atoms with van der Waals surface area (Å²) in [6, 6.07) is 0. The van der Waals surface area contributed by atoms with Crippen molar-refractivity contribution in [2.75, 3.05) is 13.2 Å². The van der Waals surface area contributed by atoms with Gasteiger partial charge in [0.05, 0.1) is 0 Å². The Balaban J connectivity index is 2.45. The van der Waals surface area contributed by atoms with Gasteiger partial charge in [-0.1, -0.05) is 13.1 Å². The van der Waals surface area contributed by atoms with E-state index in [0.29, 0.717) is 0 Å². The third-order valence-corrected chi connectivity index (χ3v) is 0.755. The largest absolute Gasteiger partial charge is 0.382 e. The van der Waals surface area contributed by atoms with Crippen LogP contribution in [-0.2, 0) is 4.74 Å². The molecule has 0 aliphatic carbocycles. The number of rotatable bonds is 4. The summed E-state index contributed by atoms with van der Waals surface area (Å²) in [6.45, 7) is 5.77. The summed E-state index contributed by atoms with van der Waals surface area (Å²) in [4.78, 5) is 0. The molecule has 2 heteroatoms. The van der Waals surface area contributed by atoms with Gasteiger partial charge in [0, 0.05) is 13.2 Å². The molecule has 0 N–H and O–H groups in total. The zero-order valence-corrected chi connectivity index (χ0v) is 5.11. The Labute approximate surface area is 46.3 Å². The number of hydrogen-bond donors (Lipinski definition) is 0. The summed E-state index contributed by atoms with van der Waals surface area (Å²) in [5.41, 5.74) is 0. The van der Waals surface area contributed by atoms with Gasteiger partial charge in [-0.05, 0) is 6.92 Å². The van der Waals surface area contributed by atoms with Crippen molar-refractivity contribution in [3.8, 4) is 0 Å². The Hall–Kier alpha value is 0.0249. The smallest absolute Gasteiger partial charge is 0.108 e. The molecular formula is C5H12BO. The molecule has 0 aliphatic heterocycles. The van der Waals surface area contributed by atoms with Crippen molar-refractivity contribution >= 4 is 7.28 Å².